The van der Waals surface area contributed by atoms with E-state index in [0.717, 1.165) is 0 Å². The Morgan fingerprint density at radius 2 is 2.26 bits per heavy atom. The molecule has 0 radical (unpaired) electrons. The molecule has 2 aromatic rings. The molecule has 0 saturated heterocycles. The number of aromatic nitrogens is 2. The van der Waals surface area contributed by atoms with Crippen LogP contribution in [0.2, 0.25) is 0 Å². The minimum absolute atomic E-state index is 0. The summed E-state index contributed by atoms with van der Waals surface area (Å²) in [5.41, 5.74) is 5.60. The van der Waals surface area contributed by atoms with Gasteiger partial charge in [0.1, 0.15) is 18.3 Å². The first-order valence-electron chi connectivity index (χ1n) is 5.31. The van der Waals surface area contributed by atoms with Crippen molar-refractivity contribution >= 4 is 18.2 Å². The van der Waals surface area contributed by atoms with Crippen molar-refractivity contribution in [2.45, 2.75) is 6.61 Å². The van der Waals surface area contributed by atoms with E-state index in [2.05, 4.69) is 4.98 Å². The van der Waals surface area contributed by atoms with Crippen LogP contribution in [0.1, 0.15) is 11.4 Å². The second kappa shape index (κ2) is 6.19. The van der Waals surface area contributed by atoms with Gasteiger partial charge in [-0.05, 0) is 18.2 Å². The number of benzene rings is 1. The van der Waals surface area contributed by atoms with Crippen molar-refractivity contribution in [1.29, 1.82) is 5.41 Å². The van der Waals surface area contributed by atoms with Gasteiger partial charge in [-0.1, -0.05) is 0 Å². The molecule has 1 aromatic heterocycles. The fourth-order valence-electron chi connectivity index (χ4n) is 1.46. The third-order valence-electron chi connectivity index (χ3n) is 2.52. The monoisotopic (exact) mass is 284 g/mol. The zero-order valence-electron chi connectivity index (χ0n) is 10.3. The molecular formula is C12H14ClFN4O. The van der Waals surface area contributed by atoms with E-state index >= 15 is 0 Å². The van der Waals surface area contributed by atoms with Gasteiger partial charge in [0.05, 0.1) is 0 Å². The Bertz CT molecular complexity index is 585. The zero-order valence-corrected chi connectivity index (χ0v) is 11.1. The summed E-state index contributed by atoms with van der Waals surface area (Å²) in [4.78, 5) is 4.07. The molecule has 0 atom stereocenters. The maximum absolute atomic E-state index is 13.6. The van der Waals surface area contributed by atoms with Gasteiger partial charge in [0.2, 0.25) is 0 Å². The van der Waals surface area contributed by atoms with Gasteiger partial charge in [-0.2, -0.15) is 0 Å². The molecule has 0 aliphatic heterocycles. The summed E-state index contributed by atoms with van der Waals surface area (Å²) < 4.78 is 20.8. The van der Waals surface area contributed by atoms with Gasteiger partial charge in [0.15, 0.2) is 11.6 Å². The van der Waals surface area contributed by atoms with Gasteiger partial charge in [0, 0.05) is 25.0 Å². The van der Waals surface area contributed by atoms with Crippen molar-refractivity contribution in [3.05, 3.63) is 47.8 Å². The molecule has 2 rings (SSSR count). The number of nitrogens with one attached hydrogen (secondary N) is 1. The van der Waals surface area contributed by atoms with E-state index < -0.39 is 5.82 Å². The molecule has 19 heavy (non-hydrogen) atoms. The maximum atomic E-state index is 13.6. The molecular weight excluding hydrogens is 271 g/mol. The number of imidazole rings is 1. The summed E-state index contributed by atoms with van der Waals surface area (Å²) in [6, 6.07) is 4.17. The van der Waals surface area contributed by atoms with Crippen molar-refractivity contribution in [3.8, 4) is 5.75 Å². The van der Waals surface area contributed by atoms with Crippen LogP contribution in [0.5, 0.6) is 5.75 Å². The highest BCUT2D eigenvalue weighted by atomic mass is 35.5. The summed E-state index contributed by atoms with van der Waals surface area (Å²) in [7, 11) is 1.83. The van der Waals surface area contributed by atoms with Crippen LogP contribution in [0.25, 0.3) is 0 Å². The van der Waals surface area contributed by atoms with E-state index in [1.165, 1.54) is 12.1 Å². The van der Waals surface area contributed by atoms with Gasteiger partial charge < -0.3 is 15.0 Å². The number of nitrogen functional groups attached to an aromatic ring is 1. The summed E-state index contributed by atoms with van der Waals surface area (Å²) in [5.74, 6) is 0.0921. The van der Waals surface area contributed by atoms with E-state index in [0.29, 0.717) is 11.4 Å². The Morgan fingerprint density at radius 1 is 1.53 bits per heavy atom. The normalized spacial score (nSPS) is 9.79. The molecule has 0 amide bonds. The average Bonchev–Trinajstić information content (AvgIpc) is 2.73. The topological polar surface area (TPSA) is 76.9 Å². The van der Waals surface area contributed by atoms with Gasteiger partial charge >= 0.3 is 0 Å². The van der Waals surface area contributed by atoms with E-state index in [1.807, 2.05) is 7.05 Å². The Kier molecular flexibility index (Phi) is 4.88. The Balaban J connectivity index is 0.00000180. The molecule has 1 heterocycles. The first-order chi connectivity index (χ1) is 8.58. The lowest BCUT2D eigenvalue weighted by molar-refractivity contribution is 0.277. The van der Waals surface area contributed by atoms with Crippen LogP contribution in [0.3, 0.4) is 0 Å². The summed E-state index contributed by atoms with van der Waals surface area (Å²) >= 11 is 0. The lowest BCUT2D eigenvalue weighted by atomic mass is 10.2. The number of halogens is 2. The molecule has 0 aliphatic rings. The van der Waals surface area contributed by atoms with Crippen LogP contribution in [0.15, 0.2) is 30.6 Å². The van der Waals surface area contributed by atoms with Crippen molar-refractivity contribution in [3.63, 3.8) is 0 Å². The van der Waals surface area contributed by atoms with Crippen LogP contribution < -0.4 is 10.5 Å². The highest BCUT2D eigenvalue weighted by molar-refractivity contribution is 5.95. The molecule has 3 N–H and O–H groups in total. The van der Waals surface area contributed by atoms with Gasteiger partial charge in [-0.25, -0.2) is 9.37 Å². The minimum atomic E-state index is -0.545. The lowest BCUT2D eigenvalue weighted by Crippen LogP contribution is -2.11. The summed E-state index contributed by atoms with van der Waals surface area (Å²) in [6.45, 7) is 0.180. The van der Waals surface area contributed by atoms with Crippen LogP contribution >= 0.6 is 12.4 Å². The van der Waals surface area contributed by atoms with Crippen molar-refractivity contribution in [2.24, 2.45) is 12.8 Å². The number of hydrogen-bond donors (Lipinski definition) is 2. The Hall–Kier alpha value is -2.08. The number of rotatable bonds is 4. The van der Waals surface area contributed by atoms with E-state index in [1.54, 1.807) is 23.0 Å². The first kappa shape index (κ1) is 15.0. The zero-order chi connectivity index (χ0) is 13.1. The largest absolute Gasteiger partial charge is 0.483 e. The number of nitrogens with zero attached hydrogens (tertiary/aromatic N) is 2. The predicted molar refractivity (Wildman–Crippen MR) is 72.2 cm³/mol. The molecule has 0 fully saturated rings. The van der Waals surface area contributed by atoms with Crippen molar-refractivity contribution in [2.75, 3.05) is 0 Å². The first-order valence-corrected chi connectivity index (χ1v) is 5.31. The minimum Gasteiger partial charge on any atom is -0.483 e. The van der Waals surface area contributed by atoms with E-state index in [-0.39, 0.29) is 30.6 Å². The smallest absolute Gasteiger partial charge is 0.165 e. The number of amidine groups is 1. The molecule has 0 saturated carbocycles. The molecule has 0 unspecified atom stereocenters. The van der Waals surface area contributed by atoms with Gasteiger partial charge in [-0.15, -0.1) is 12.4 Å². The molecule has 0 bridgehead atoms. The molecule has 5 nitrogen and oxygen atoms in total. The number of nitrogens with two attached hydrogens (primary N) is 1. The van der Waals surface area contributed by atoms with E-state index in [4.69, 9.17) is 15.9 Å². The van der Waals surface area contributed by atoms with Gasteiger partial charge in [0.25, 0.3) is 0 Å². The molecule has 0 aliphatic carbocycles. The SMILES string of the molecule is Cl.Cn1ccnc1COc1ccc(C(=N)N)cc1F. The Morgan fingerprint density at radius 3 is 2.79 bits per heavy atom. The van der Waals surface area contributed by atoms with Crippen molar-refractivity contribution in [1.82, 2.24) is 9.55 Å². The highest BCUT2D eigenvalue weighted by Gasteiger charge is 2.08. The number of aryl methyl sites for hydroxylation is 1. The Labute approximate surface area is 116 Å². The summed E-state index contributed by atoms with van der Waals surface area (Å²) in [6.07, 6.45) is 3.43. The third-order valence-corrected chi connectivity index (χ3v) is 2.52. The van der Waals surface area contributed by atoms with Crippen LogP contribution in [-0.2, 0) is 13.7 Å². The lowest BCUT2D eigenvalue weighted by Gasteiger charge is -2.08. The third kappa shape index (κ3) is 3.45. The second-order valence-corrected chi connectivity index (χ2v) is 3.80. The number of hydrogen-bond acceptors (Lipinski definition) is 3. The summed E-state index contributed by atoms with van der Waals surface area (Å²) in [5, 5.41) is 7.20. The average molecular weight is 285 g/mol. The number of ether oxygens (including phenoxy) is 1. The van der Waals surface area contributed by atoms with Crippen molar-refractivity contribution < 1.29 is 9.13 Å². The second-order valence-electron chi connectivity index (χ2n) is 3.80. The van der Waals surface area contributed by atoms with Crippen LogP contribution in [-0.4, -0.2) is 15.4 Å². The quantitative estimate of drug-likeness (QED) is 0.664. The van der Waals surface area contributed by atoms with Crippen LogP contribution in [0.4, 0.5) is 4.39 Å². The van der Waals surface area contributed by atoms with Gasteiger partial charge in [-0.3, -0.25) is 5.41 Å². The predicted octanol–water partition coefficient (Wildman–Crippen LogP) is 1.84. The molecule has 0 spiro atoms. The van der Waals surface area contributed by atoms with Crippen LogP contribution in [0, 0.1) is 11.2 Å². The maximum Gasteiger partial charge on any atom is 0.165 e. The molecule has 7 heteroatoms. The molecule has 1 aromatic carbocycles. The highest BCUT2D eigenvalue weighted by Crippen LogP contribution is 2.19. The standard InChI is InChI=1S/C12H13FN4O.ClH/c1-17-5-4-16-11(17)7-18-10-3-2-8(12(14)15)6-9(10)13;/h2-6H,7H2,1H3,(H3,14,15);1H. The fraction of sp³-hybridized carbons (Fsp3) is 0.167. The van der Waals surface area contributed by atoms with E-state index in [9.17, 15) is 4.39 Å². The molecule has 102 valence electrons. The fourth-order valence-corrected chi connectivity index (χ4v) is 1.46.